The molecule has 2 aromatic heterocycles. The molecule has 0 atom stereocenters. The molecule has 0 saturated heterocycles. The molecule has 1 aliphatic rings. The average Bonchev–Trinajstić information content (AvgIpc) is 3.33. The summed E-state index contributed by atoms with van der Waals surface area (Å²) in [4.78, 5) is 23.4. The van der Waals surface area contributed by atoms with Crippen LogP contribution in [-0.4, -0.2) is 28.2 Å². The first kappa shape index (κ1) is 17.2. The molecule has 0 fully saturated rings. The van der Waals surface area contributed by atoms with Crippen LogP contribution in [-0.2, 0) is 17.0 Å². The first-order valence-corrected chi connectivity index (χ1v) is 10.7. The third-order valence-electron chi connectivity index (χ3n) is 4.33. The molecular formula is C20H19N3OS2. The zero-order chi connectivity index (χ0) is 17.8. The number of aromatic nitrogens is 2. The lowest BCUT2D eigenvalue weighted by molar-refractivity contribution is -0.118. The number of fused-ring (bicyclic) bond motifs is 1. The fraction of sp³-hybridized carbons (Fsp3) is 0.250. The van der Waals surface area contributed by atoms with Gasteiger partial charge in [-0.05, 0) is 30.2 Å². The molecule has 0 bridgehead atoms. The van der Waals surface area contributed by atoms with Crippen LogP contribution in [0.2, 0.25) is 0 Å². The molecule has 1 amide bonds. The van der Waals surface area contributed by atoms with Crippen molar-refractivity contribution in [3.63, 3.8) is 0 Å². The summed E-state index contributed by atoms with van der Waals surface area (Å²) in [5.41, 5.74) is 4.33. The lowest BCUT2D eigenvalue weighted by Gasteiger charge is -2.17. The largest absolute Gasteiger partial charge is 0.312 e. The Balaban J connectivity index is 1.26. The Bertz CT molecular complexity index is 895. The maximum Gasteiger partial charge on any atom is 0.227 e. The second-order valence-corrected chi connectivity index (χ2v) is 8.05. The second kappa shape index (κ2) is 8.01. The van der Waals surface area contributed by atoms with Crippen molar-refractivity contribution in [2.75, 3.05) is 17.2 Å². The number of carbonyl (C=O) groups excluding carboxylic acids is 1. The minimum absolute atomic E-state index is 0.218. The first-order valence-electron chi connectivity index (χ1n) is 8.63. The number of anilines is 1. The lowest BCUT2D eigenvalue weighted by atomic mass is 10.2. The highest BCUT2D eigenvalue weighted by atomic mass is 32.2. The van der Waals surface area contributed by atoms with E-state index < -0.39 is 0 Å². The predicted molar refractivity (Wildman–Crippen MR) is 109 cm³/mol. The van der Waals surface area contributed by atoms with E-state index in [0.29, 0.717) is 6.42 Å². The molecule has 4 nitrogen and oxygen atoms in total. The third-order valence-corrected chi connectivity index (χ3v) is 6.24. The van der Waals surface area contributed by atoms with Gasteiger partial charge in [0.1, 0.15) is 5.01 Å². The number of carbonyl (C=O) groups is 1. The molecule has 1 aliphatic heterocycles. The van der Waals surface area contributed by atoms with E-state index in [4.69, 9.17) is 0 Å². The highest BCUT2D eigenvalue weighted by Crippen LogP contribution is 2.28. The van der Waals surface area contributed by atoms with E-state index in [2.05, 4.69) is 21.4 Å². The standard InChI is InChI=1S/C20H19N3OS2/c24-19(23-11-8-15-5-1-2-7-18(15)23)9-12-25-13-16-14-26-20(22-16)17-6-3-4-10-21-17/h1-7,10,14H,8-9,11-13H2. The first-order chi connectivity index (χ1) is 12.8. The minimum Gasteiger partial charge on any atom is -0.312 e. The van der Waals surface area contributed by atoms with Crippen LogP contribution in [0, 0.1) is 0 Å². The molecular weight excluding hydrogens is 362 g/mol. The van der Waals surface area contributed by atoms with Gasteiger partial charge in [0.05, 0.1) is 11.4 Å². The van der Waals surface area contributed by atoms with Crippen molar-refractivity contribution in [3.05, 3.63) is 65.3 Å². The van der Waals surface area contributed by atoms with Gasteiger partial charge in [0.2, 0.25) is 5.91 Å². The maximum atomic E-state index is 12.5. The number of hydrogen-bond donors (Lipinski definition) is 0. The Morgan fingerprint density at radius 3 is 2.96 bits per heavy atom. The van der Waals surface area contributed by atoms with Crippen LogP contribution in [0.5, 0.6) is 0 Å². The minimum atomic E-state index is 0.218. The van der Waals surface area contributed by atoms with Gasteiger partial charge >= 0.3 is 0 Å². The van der Waals surface area contributed by atoms with Gasteiger partial charge in [-0.3, -0.25) is 9.78 Å². The summed E-state index contributed by atoms with van der Waals surface area (Å²) in [7, 11) is 0. The molecule has 0 N–H and O–H groups in total. The number of amides is 1. The SMILES string of the molecule is O=C(CCSCc1csc(-c2ccccn2)n1)N1CCc2ccccc21. The fourth-order valence-corrected chi connectivity index (χ4v) is 4.77. The van der Waals surface area contributed by atoms with Gasteiger partial charge in [-0.1, -0.05) is 24.3 Å². The number of para-hydroxylation sites is 1. The van der Waals surface area contributed by atoms with Crippen LogP contribution >= 0.6 is 23.1 Å². The van der Waals surface area contributed by atoms with E-state index in [9.17, 15) is 4.79 Å². The van der Waals surface area contributed by atoms with Gasteiger partial charge in [-0.15, -0.1) is 11.3 Å². The summed E-state index contributed by atoms with van der Waals surface area (Å²) >= 11 is 3.38. The zero-order valence-corrected chi connectivity index (χ0v) is 15.9. The fourth-order valence-electron chi connectivity index (χ4n) is 3.05. The van der Waals surface area contributed by atoms with Crippen LogP contribution in [0.4, 0.5) is 5.69 Å². The van der Waals surface area contributed by atoms with Crippen LogP contribution in [0.1, 0.15) is 17.7 Å². The number of thioether (sulfide) groups is 1. The van der Waals surface area contributed by atoms with E-state index in [1.807, 2.05) is 41.3 Å². The van der Waals surface area contributed by atoms with Crippen molar-refractivity contribution in [1.82, 2.24) is 9.97 Å². The highest BCUT2D eigenvalue weighted by Gasteiger charge is 2.23. The summed E-state index contributed by atoms with van der Waals surface area (Å²) in [5, 5.41) is 3.03. The van der Waals surface area contributed by atoms with Crippen LogP contribution in [0.15, 0.2) is 54.0 Å². The van der Waals surface area contributed by atoms with E-state index in [1.165, 1.54) is 5.56 Å². The van der Waals surface area contributed by atoms with Gasteiger partial charge in [0.25, 0.3) is 0 Å². The number of rotatable bonds is 6. The van der Waals surface area contributed by atoms with Crippen molar-refractivity contribution >= 4 is 34.7 Å². The molecule has 132 valence electrons. The van der Waals surface area contributed by atoms with Gasteiger partial charge in [-0.2, -0.15) is 11.8 Å². The maximum absolute atomic E-state index is 12.5. The molecule has 0 aliphatic carbocycles. The Morgan fingerprint density at radius 1 is 1.19 bits per heavy atom. The van der Waals surface area contributed by atoms with Crippen LogP contribution in [0.3, 0.4) is 0 Å². The number of pyridine rings is 1. The molecule has 4 rings (SSSR count). The molecule has 6 heteroatoms. The Hall–Kier alpha value is -2.18. The van der Waals surface area contributed by atoms with Crippen molar-refractivity contribution in [2.45, 2.75) is 18.6 Å². The van der Waals surface area contributed by atoms with E-state index >= 15 is 0 Å². The smallest absolute Gasteiger partial charge is 0.227 e. The molecule has 0 unspecified atom stereocenters. The topological polar surface area (TPSA) is 46.1 Å². The lowest BCUT2D eigenvalue weighted by Crippen LogP contribution is -2.29. The monoisotopic (exact) mass is 381 g/mol. The molecule has 0 spiro atoms. The number of thiazole rings is 1. The van der Waals surface area contributed by atoms with Gasteiger partial charge < -0.3 is 4.90 Å². The van der Waals surface area contributed by atoms with Gasteiger partial charge in [0, 0.05) is 41.7 Å². The average molecular weight is 382 g/mol. The van der Waals surface area contributed by atoms with Gasteiger partial charge in [-0.25, -0.2) is 4.98 Å². The summed E-state index contributed by atoms with van der Waals surface area (Å²) in [6, 6.07) is 14.0. The molecule has 3 aromatic rings. The zero-order valence-electron chi connectivity index (χ0n) is 14.3. The molecule has 0 radical (unpaired) electrons. The van der Waals surface area contributed by atoms with Crippen LogP contribution in [0.25, 0.3) is 10.7 Å². The van der Waals surface area contributed by atoms with Gasteiger partial charge in [0.15, 0.2) is 0 Å². The van der Waals surface area contributed by atoms with E-state index in [0.717, 1.165) is 46.6 Å². The Morgan fingerprint density at radius 2 is 2.08 bits per heavy atom. The van der Waals surface area contributed by atoms with E-state index in [1.54, 1.807) is 29.3 Å². The molecule has 3 heterocycles. The normalized spacial score (nSPS) is 13.0. The Kier molecular flexibility index (Phi) is 5.32. The van der Waals surface area contributed by atoms with E-state index in [-0.39, 0.29) is 5.91 Å². The van der Waals surface area contributed by atoms with Crippen molar-refractivity contribution in [2.24, 2.45) is 0 Å². The molecule has 0 saturated carbocycles. The van der Waals surface area contributed by atoms with Crippen molar-refractivity contribution in [1.29, 1.82) is 0 Å². The summed E-state index contributed by atoms with van der Waals surface area (Å²) in [6.45, 7) is 0.808. The number of benzene rings is 1. The quantitative estimate of drug-likeness (QED) is 0.593. The Labute approximate surface area is 161 Å². The number of hydrogen-bond acceptors (Lipinski definition) is 5. The predicted octanol–water partition coefficient (Wildman–Crippen LogP) is 4.42. The summed E-state index contributed by atoms with van der Waals surface area (Å²) < 4.78 is 0. The summed E-state index contributed by atoms with van der Waals surface area (Å²) in [6.07, 6.45) is 3.31. The molecule has 1 aromatic carbocycles. The van der Waals surface area contributed by atoms with Crippen LogP contribution < -0.4 is 4.90 Å². The second-order valence-electron chi connectivity index (χ2n) is 6.09. The summed E-state index contributed by atoms with van der Waals surface area (Å²) in [5.74, 6) is 1.86. The third kappa shape index (κ3) is 3.81. The van der Waals surface area contributed by atoms with Crippen molar-refractivity contribution in [3.8, 4) is 10.7 Å². The van der Waals surface area contributed by atoms with Crippen molar-refractivity contribution < 1.29 is 4.79 Å². The number of nitrogens with zero attached hydrogens (tertiary/aromatic N) is 3. The molecule has 26 heavy (non-hydrogen) atoms. The highest BCUT2D eigenvalue weighted by molar-refractivity contribution is 7.98.